The minimum atomic E-state index is 0.137. The SMILES string of the molecule is O=C(CN1CCCC(NC(=O)C2CCC2)C1)NC1CC1. The number of amides is 2. The normalized spacial score (nSPS) is 27.7. The molecule has 1 unspecified atom stereocenters. The molecule has 2 saturated carbocycles. The van der Waals surface area contributed by atoms with Gasteiger partial charge in [-0.25, -0.2) is 0 Å². The van der Waals surface area contributed by atoms with Crippen LogP contribution in [-0.4, -0.2) is 48.4 Å². The molecule has 5 nitrogen and oxygen atoms in total. The van der Waals surface area contributed by atoms with E-state index in [1.165, 1.54) is 6.42 Å². The summed E-state index contributed by atoms with van der Waals surface area (Å²) in [5.41, 5.74) is 0. The average Bonchev–Trinajstić information content (AvgIpc) is 3.10. The Balaban J connectivity index is 1.40. The number of carbonyl (C=O) groups is 2. The van der Waals surface area contributed by atoms with Crippen molar-refractivity contribution in [2.45, 2.75) is 57.0 Å². The number of hydrogen-bond donors (Lipinski definition) is 2. The average molecular weight is 279 g/mol. The second kappa shape index (κ2) is 6.12. The molecule has 3 rings (SSSR count). The maximum absolute atomic E-state index is 12.0. The molecule has 1 atom stereocenters. The highest BCUT2D eigenvalue weighted by atomic mass is 16.2. The fraction of sp³-hybridized carbons (Fsp3) is 0.867. The second-order valence-electron chi connectivity index (χ2n) is 6.55. The van der Waals surface area contributed by atoms with E-state index in [2.05, 4.69) is 15.5 Å². The van der Waals surface area contributed by atoms with E-state index >= 15 is 0 Å². The first kappa shape index (κ1) is 13.9. The van der Waals surface area contributed by atoms with E-state index in [1.807, 2.05) is 0 Å². The molecule has 20 heavy (non-hydrogen) atoms. The smallest absolute Gasteiger partial charge is 0.234 e. The Morgan fingerprint density at radius 1 is 0.950 bits per heavy atom. The van der Waals surface area contributed by atoms with Crippen LogP contribution in [0.5, 0.6) is 0 Å². The van der Waals surface area contributed by atoms with Gasteiger partial charge in [0.25, 0.3) is 0 Å². The van der Waals surface area contributed by atoms with Crippen LogP contribution in [0.25, 0.3) is 0 Å². The third-order valence-electron chi connectivity index (χ3n) is 4.64. The molecule has 0 aromatic heterocycles. The lowest BCUT2D eigenvalue weighted by atomic mass is 9.84. The molecule has 2 aliphatic carbocycles. The molecule has 2 amide bonds. The number of rotatable bonds is 5. The van der Waals surface area contributed by atoms with E-state index in [0.29, 0.717) is 12.6 Å². The number of hydrogen-bond acceptors (Lipinski definition) is 3. The van der Waals surface area contributed by atoms with Gasteiger partial charge in [0, 0.05) is 24.5 Å². The van der Waals surface area contributed by atoms with E-state index in [9.17, 15) is 9.59 Å². The number of nitrogens with one attached hydrogen (secondary N) is 2. The second-order valence-corrected chi connectivity index (χ2v) is 6.55. The van der Waals surface area contributed by atoms with Gasteiger partial charge in [-0.15, -0.1) is 0 Å². The molecule has 3 aliphatic rings. The first-order valence-corrected chi connectivity index (χ1v) is 8.03. The summed E-state index contributed by atoms with van der Waals surface area (Å²) in [5.74, 6) is 0.618. The summed E-state index contributed by atoms with van der Waals surface area (Å²) >= 11 is 0. The number of carbonyl (C=O) groups excluding carboxylic acids is 2. The van der Waals surface area contributed by atoms with E-state index in [4.69, 9.17) is 0 Å². The Hall–Kier alpha value is -1.10. The van der Waals surface area contributed by atoms with E-state index in [-0.39, 0.29) is 23.8 Å². The van der Waals surface area contributed by atoms with Crippen molar-refractivity contribution in [1.29, 1.82) is 0 Å². The van der Waals surface area contributed by atoms with Crippen molar-refractivity contribution in [2.75, 3.05) is 19.6 Å². The van der Waals surface area contributed by atoms with Gasteiger partial charge in [0.2, 0.25) is 11.8 Å². The lowest BCUT2D eigenvalue weighted by Gasteiger charge is -2.34. The van der Waals surface area contributed by atoms with Crippen LogP contribution in [0.4, 0.5) is 0 Å². The molecule has 1 aliphatic heterocycles. The summed E-state index contributed by atoms with van der Waals surface area (Å²) in [6, 6.07) is 0.659. The number of likely N-dealkylation sites (tertiary alicyclic amines) is 1. The van der Waals surface area contributed by atoms with Gasteiger partial charge in [0.15, 0.2) is 0 Å². The summed E-state index contributed by atoms with van der Waals surface area (Å²) in [6.07, 6.45) is 7.65. The van der Waals surface area contributed by atoms with Crippen molar-refractivity contribution in [2.24, 2.45) is 5.92 Å². The Morgan fingerprint density at radius 2 is 1.75 bits per heavy atom. The van der Waals surface area contributed by atoms with Gasteiger partial charge in [-0.05, 0) is 45.1 Å². The van der Waals surface area contributed by atoms with Gasteiger partial charge >= 0.3 is 0 Å². The third kappa shape index (κ3) is 3.72. The van der Waals surface area contributed by atoms with Gasteiger partial charge < -0.3 is 10.6 Å². The van der Waals surface area contributed by atoms with Crippen LogP contribution in [0.2, 0.25) is 0 Å². The fourth-order valence-electron chi connectivity index (χ4n) is 3.01. The Bertz CT molecular complexity index is 377. The van der Waals surface area contributed by atoms with Crippen molar-refractivity contribution in [3.05, 3.63) is 0 Å². The molecular formula is C15H25N3O2. The predicted octanol–water partition coefficient (Wildman–Crippen LogP) is 0.646. The van der Waals surface area contributed by atoms with Crippen LogP contribution in [0.15, 0.2) is 0 Å². The van der Waals surface area contributed by atoms with Gasteiger partial charge in [0.1, 0.15) is 0 Å². The molecule has 1 heterocycles. The zero-order valence-electron chi connectivity index (χ0n) is 12.1. The highest BCUT2D eigenvalue weighted by molar-refractivity contribution is 5.80. The van der Waals surface area contributed by atoms with Crippen LogP contribution in [0.1, 0.15) is 44.9 Å². The molecule has 5 heteroatoms. The van der Waals surface area contributed by atoms with Crippen molar-refractivity contribution in [3.63, 3.8) is 0 Å². The van der Waals surface area contributed by atoms with Gasteiger partial charge in [-0.2, -0.15) is 0 Å². The highest BCUT2D eigenvalue weighted by Crippen LogP contribution is 2.26. The maximum atomic E-state index is 12.0. The van der Waals surface area contributed by atoms with Crippen molar-refractivity contribution < 1.29 is 9.59 Å². The van der Waals surface area contributed by atoms with E-state index in [0.717, 1.165) is 51.6 Å². The summed E-state index contributed by atoms with van der Waals surface area (Å²) in [6.45, 7) is 2.26. The molecule has 112 valence electrons. The van der Waals surface area contributed by atoms with E-state index in [1.54, 1.807) is 0 Å². The highest BCUT2D eigenvalue weighted by Gasteiger charge is 2.29. The monoisotopic (exact) mass is 279 g/mol. The minimum absolute atomic E-state index is 0.137. The summed E-state index contributed by atoms with van der Waals surface area (Å²) in [4.78, 5) is 26.0. The molecule has 0 aromatic carbocycles. The predicted molar refractivity (Wildman–Crippen MR) is 76.1 cm³/mol. The Kier molecular flexibility index (Phi) is 4.24. The zero-order chi connectivity index (χ0) is 13.9. The van der Waals surface area contributed by atoms with Crippen molar-refractivity contribution in [1.82, 2.24) is 15.5 Å². The quantitative estimate of drug-likeness (QED) is 0.776. The molecule has 0 spiro atoms. The molecule has 3 fully saturated rings. The summed E-state index contributed by atoms with van der Waals surface area (Å²) in [7, 11) is 0. The standard InChI is InChI=1S/C15H25N3O2/c19-14(16-12-6-7-12)10-18-8-2-5-13(9-18)17-15(20)11-3-1-4-11/h11-13H,1-10H2,(H,16,19)(H,17,20). The molecule has 0 aromatic rings. The number of piperidine rings is 1. The van der Waals surface area contributed by atoms with Gasteiger partial charge in [0.05, 0.1) is 6.54 Å². The van der Waals surface area contributed by atoms with E-state index < -0.39 is 0 Å². The minimum Gasteiger partial charge on any atom is -0.352 e. The first-order chi connectivity index (χ1) is 9.70. The van der Waals surface area contributed by atoms with Gasteiger partial charge in [-0.1, -0.05) is 6.42 Å². The van der Waals surface area contributed by atoms with Crippen molar-refractivity contribution >= 4 is 11.8 Å². The molecule has 2 N–H and O–H groups in total. The Morgan fingerprint density at radius 3 is 2.40 bits per heavy atom. The van der Waals surface area contributed by atoms with Crippen molar-refractivity contribution in [3.8, 4) is 0 Å². The lowest BCUT2D eigenvalue weighted by molar-refractivity contribution is -0.128. The molecular weight excluding hydrogens is 254 g/mol. The zero-order valence-corrected chi connectivity index (χ0v) is 12.1. The van der Waals surface area contributed by atoms with Gasteiger partial charge in [-0.3, -0.25) is 14.5 Å². The van der Waals surface area contributed by atoms with Crippen LogP contribution >= 0.6 is 0 Å². The maximum Gasteiger partial charge on any atom is 0.234 e. The van der Waals surface area contributed by atoms with Crippen LogP contribution in [0.3, 0.4) is 0 Å². The largest absolute Gasteiger partial charge is 0.352 e. The number of nitrogens with zero attached hydrogens (tertiary/aromatic N) is 1. The molecule has 0 radical (unpaired) electrons. The summed E-state index contributed by atoms with van der Waals surface area (Å²) in [5, 5.41) is 6.19. The fourth-order valence-corrected chi connectivity index (χ4v) is 3.01. The first-order valence-electron chi connectivity index (χ1n) is 8.03. The molecule has 0 bridgehead atoms. The third-order valence-corrected chi connectivity index (χ3v) is 4.64. The molecule has 1 saturated heterocycles. The van der Waals surface area contributed by atoms with Crippen LogP contribution in [-0.2, 0) is 9.59 Å². The van der Waals surface area contributed by atoms with Crippen LogP contribution in [0, 0.1) is 5.92 Å². The topological polar surface area (TPSA) is 61.4 Å². The summed E-state index contributed by atoms with van der Waals surface area (Å²) < 4.78 is 0. The van der Waals surface area contributed by atoms with Crippen LogP contribution < -0.4 is 10.6 Å². The Labute approximate surface area is 120 Å². The lowest BCUT2D eigenvalue weighted by Crippen LogP contribution is -2.51.